The van der Waals surface area contributed by atoms with Gasteiger partial charge in [0.2, 0.25) is 0 Å². The van der Waals surface area contributed by atoms with Crippen LogP contribution in [0.25, 0.3) is 0 Å². The maximum atomic E-state index is 12.9. The van der Waals surface area contributed by atoms with Gasteiger partial charge in [0, 0.05) is 51.3 Å². The number of pyridine rings is 2. The van der Waals surface area contributed by atoms with Gasteiger partial charge in [-0.05, 0) is 54.8 Å². The SMILES string of the molecule is N#CCCCCCCNC(=O)c1ccc(C(c2cccc(C(=O)O)n2)N2CCOCCOCCN(Cc3cccc(C(=O)O)n3)CCOCCOCC2)cc1. The van der Waals surface area contributed by atoms with Crippen molar-refractivity contribution in [3.05, 3.63) is 94.6 Å². The summed E-state index contributed by atoms with van der Waals surface area (Å²) in [4.78, 5) is 49.2. The molecule has 15 heteroatoms. The molecule has 3 aromatic rings. The van der Waals surface area contributed by atoms with Gasteiger partial charge in [0.15, 0.2) is 0 Å². The average Bonchev–Trinajstić information content (AvgIpc) is 3.19. The molecule has 0 aliphatic carbocycles. The van der Waals surface area contributed by atoms with Gasteiger partial charge < -0.3 is 34.5 Å². The number of carbonyl (C=O) groups is 3. The van der Waals surface area contributed by atoms with Gasteiger partial charge in [-0.25, -0.2) is 19.6 Å². The van der Waals surface area contributed by atoms with E-state index in [1.54, 1.807) is 36.4 Å². The molecule has 2 aromatic heterocycles. The number of benzene rings is 1. The van der Waals surface area contributed by atoms with Gasteiger partial charge >= 0.3 is 11.9 Å². The van der Waals surface area contributed by atoms with Crippen LogP contribution in [-0.4, -0.2) is 133 Å². The Morgan fingerprint density at radius 1 is 0.709 bits per heavy atom. The number of amides is 1. The van der Waals surface area contributed by atoms with Gasteiger partial charge in [-0.3, -0.25) is 14.6 Å². The first kappa shape index (κ1) is 42.9. The third-order valence-corrected chi connectivity index (χ3v) is 8.93. The van der Waals surface area contributed by atoms with Gasteiger partial charge in [-0.1, -0.05) is 37.1 Å². The maximum absolute atomic E-state index is 12.9. The third kappa shape index (κ3) is 15.4. The lowest BCUT2D eigenvalue weighted by Gasteiger charge is -2.32. The van der Waals surface area contributed by atoms with Crippen molar-refractivity contribution in [3.63, 3.8) is 0 Å². The number of carbonyl (C=O) groups excluding carboxylic acids is 1. The van der Waals surface area contributed by atoms with Crippen molar-refractivity contribution in [2.75, 3.05) is 85.6 Å². The Hall–Kier alpha value is -4.82. The van der Waals surface area contributed by atoms with Crippen LogP contribution in [0.2, 0.25) is 0 Å². The number of unbranched alkanes of at least 4 members (excludes halogenated alkanes) is 4. The van der Waals surface area contributed by atoms with Crippen LogP contribution in [0.1, 0.15) is 86.4 Å². The van der Waals surface area contributed by atoms with Crippen molar-refractivity contribution < 1.29 is 43.5 Å². The zero-order valence-electron chi connectivity index (χ0n) is 31.3. The van der Waals surface area contributed by atoms with Crippen LogP contribution in [0, 0.1) is 11.3 Å². The number of carboxylic acid groups (broad SMARTS) is 2. The van der Waals surface area contributed by atoms with Crippen molar-refractivity contribution >= 4 is 17.8 Å². The largest absolute Gasteiger partial charge is 0.477 e. The number of rotatable bonds is 14. The monoisotopic (exact) mass is 760 g/mol. The summed E-state index contributed by atoms with van der Waals surface area (Å²) >= 11 is 0. The fourth-order valence-corrected chi connectivity index (χ4v) is 6.05. The van der Waals surface area contributed by atoms with E-state index in [1.807, 2.05) is 12.1 Å². The van der Waals surface area contributed by atoms with E-state index in [4.69, 9.17) is 24.2 Å². The Balaban J connectivity index is 1.40. The van der Waals surface area contributed by atoms with Gasteiger partial charge in [0.25, 0.3) is 5.91 Å². The molecule has 1 aliphatic heterocycles. The molecule has 0 spiro atoms. The number of nitrogens with zero attached hydrogens (tertiary/aromatic N) is 5. The Bertz CT molecular complexity index is 1650. The average molecular weight is 761 g/mol. The van der Waals surface area contributed by atoms with Gasteiger partial charge in [0.1, 0.15) is 11.4 Å². The molecule has 55 heavy (non-hydrogen) atoms. The number of hydrogen-bond donors (Lipinski definition) is 3. The fourth-order valence-electron chi connectivity index (χ4n) is 6.05. The summed E-state index contributed by atoms with van der Waals surface area (Å²) in [5, 5.41) is 30.7. The lowest BCUT2D eigenvalue weighted by atomic mass is 9.99. The second kappa shape index (κ2) is 24.6. The van der Waals surface area contributed by atoms with E-state index in [0.717, 1.165) is 31.2 Å². The summed E-state index contributed by atoms with van der Waals surface area (Å²) in [6, 6.07) is 18.8. The molecule has 0 radical (unpaired) electrons. The zero-order chi connectivity index (χ0) is 39.1. The fraction of sp³-hybridized carbons (Fsp3) is 0.500. The Labute approximate surface area is 322 Å². The normalized spacial score (nSPS) is 16.6. The molecular formula is C40H52N6O9. The van der Waals surface area contributed by atoms with Gasteiger partial charge in [-0.2, -0.15) is 5.26 Å². The van der Waals surface area contributed by atoms with Crippen LogP contribution >= 0.6 is 0 Å². The predicted molar refractivity (Wildman–Crippen MR) is 202 cm³/mol. The highest BCUT2D eigenvalue weighted by atomic mass is 16.5. The summed E-state index contributed by atoms with van der Waals surface area (Å²) < 4.78 is 23.7. The number of carboxylic acids is 2. The van der Waals surface area contributed by atoms with E-state index < -0.39 is 18.0 Å². The first-order chi connectivity index (χ1) is 26.9. The van der Waals surface area contributed by atoms with E-state index in [0.29, 0.717) is 115 Å². The Morgan fingerprint density at radius 3 is 1.87 bits per heavy atom. The number of hydrogen-bond acceptors (Lipinski definition) is 12. The lowest BCUT2D eigenvalue weighted by molar-refractivity contribution is 0.00331. The highest BCUT2D eigenvalue weighted by molar-refractivity contribution is 5.94. The summed E-state index contributed by atoms with van der Waals surface area (Å²) in [5.41, 5.74) is 2.45. The van der Waals surface area contributed by atoms with Crippen molar-refractivity contribution in [1.82, 2.24) is 25.1 Å². The van der Waals surface area contributed by atoms with Crippen molar-refractivity contribution in [2.24, 2.45) is 0 Å². The van der Waals surface area contributed by atoms with E-state index in [-0.39, 0.29) is 17.3 Å². The molecule has 1 aromatic carbocycles. The molecule has 296 valence electrons. The predicted octanol–water partition coefficient (Wildman–Crippen LogP) is 4.05. The highest BCUT2D eigenvalue weighted by Gasteiger charge is 2.25. The van der Waals surface area contributed by atoms with Crippen molar-refractivity contribution in [1.29, 1.82) is 5.26 Å². The van der Waals surface area contributed by atoms with Crippen molar-refractivity contribution in [3.8, 4) is 6.07 Å². The Kier molecular flexibility index (Phi) is 19.2. The van der Waals surface area contributed by atoms with Crippen LogP contribution in [0.5, 0.6) is 0 Å². The molecule has 1 atom stereocenters. The molecule has 1 unspecified atom stereocenters. The molecular weight excluding hydrogens is 708 g/mol. The zero-order valence-corrected chi connectivity index (χ0v) is 31.3. The molecule has 15 nitrogen and oxygen atoms in total. The first-order valence-electron chi connectivity index (χ1n) is 18.8. The maximum Gasteiger partial charge on any atom is 0.354 e. The molecule has 1 aliphatic rings. The van der Waals surface area contributed by atoms with E-state index in [9.17, 15) is 24.6 Å². The van der Waals surface area contributed by atoms with Gasteiger partial charge in [-0.15, -0.1) is 0 Å². The molecule has 3 heterocycles. The topological polar surface area (TPSA) is 197 Å². The number of nitriles is 1. The molecule has 1 fully saturated rings. The minimum atomic E-state index is -1.13. The summed E-state index contributed by atoms with van der Waals surface area (Å²) in [6.45, 7) is 6.14. The minimum absolute atomic E-state index is 0.000364. The van der Waals surface area contributed by atoms with E-state index in [2.05, 4.69) is 31.2 Å². The number of nitrogens with one attached hydrogen (secondary N) is 1. The molecule has 0 bridgehead atoms. The second-order valence-corrected chi connectivity index (χ2v) is 12.9. The minimum Gasteiger partial charge on any atom is -0.477 e. The van der Waals surface area contributed by atoms with Crippen LogP contribution in [0.3, 0.4) is 0 Å². The van der Waals surface area contributed by atoms with Crippen LogP contribution in [0.15, 0.2) is 60.7 Å². The summed E-state index contributed by atoms with van der Waals surface area (Å²) in [7, 11) is 0. The summed E-state index contributed by atoms with van der Waals surface area (Å²) in [5.74, 6) is -2.38. The second-order valence-electron chi connectivity index (χ2n) is 12.9. The summed E-state index contributed by atoms with van der Waals surface area (Å²) in [6.07, 6.45) is 4.15. The number of aromatic carboxylic acids is 2. The van der Waals surface area contributed by atoms with Gasteiger partial charge in [0.05, 0.1) is 76.4 Å². The standard InChI is InChI=1S/C40H52N6O9/c41-16-4-2-1-3-5-17-42-38(47)32-14-12-31(13-15-32)37(34-9-7-11-36(44-34)40(50)51)46-20-24-54-28-26-52-22-18-45(19-23-53-27-29-55-25-21-46)30-33-8-6-10-35(43-33)39(48)49/h6-15,37H,1-5,17-30H2,(H,42,47)(H,48,49)(H,50,51). The molecule has 1 saturated heterocycles. The molecule has 4 rings (SSSR count). The first-order valence-corrected chi connectivity index (χ1v) is 18.8. The highest BCUT2D eigenvalue weighted by Crippen LogP contribution is 2.28. The lowest BCUT2D eigenvalue weighted by Crippen LogP contribution is -2.36. The quantitative estimate of drug-likeness (QED) is 0.199. The Morgan fingerprint density at radius 2 is 1.27 bits per heavy atom. The number of ether oxygens (including phenoxy) is 4. The molecule has 0 saturated carbocycles. The van der Waals surface area contributed by atoms with E-state index in [1.165, 1.54) is 12.1 Å². The van der Waals surface area contributed by atoms with Crippen LogP contribution in [0.4, 0.5) is 0 Å². The van der Waals surface area contributed by atoms with Crippen LogP contribution < -0.4 is 5.32 Å². The number of aromatic nitrogens is 2. The third-order valence-electron chi connectivity index (χ3n) is 8.93. The van der Waals surface area contributed by atoms with Crippen molar-refractivity contribution in [2.45, 2.75) is 44.7 Å². The van der Waals surface area contributed by atoms with Crippen LogP contribution in [-0.2, 0) is 25.5 Å². The smallest absolute Gasteiger partial charge is 0.354 e. The van der Waals surface area contributed by atoms with E-state index >= 15 is 0 Å². The molecule has 3 N–H and O–H groups in total. The molecule has 1 amide bonds.